The van der Waals surface area contributed by atoms with Crippen LogP contribution in [0.15, 0.2) is 34.2 Å². The second-order valence-electron chi connectivity index (χ2n) is 4.39. The number of hydrogen-bond acceptors (Lipinski definition) is 3. The maximum absolute atomic E-state index is 4.70. The Morgan fingerprint density at radius 2 is 2.00 bits per heavy atom. The number of benzene rings is 1. The monoisotopic (exact) mass is 278 g/mol. The van der Waals surface area contributed by atoms with Crippen molar-refractivity contribution in [3.63, 3.8) is 0 Å². The van der Waals surface area contributed by atoms with Gasteiger partial charge in [0.1, 0.15) is 5.82 Å². The number of imidazole rings is 1. The van der Waals surface area contributed by atoms with Crippen molar-refractivity contribution in [2.75, 3.05) is 0 Å². The molecule has 0 N–H and O–H groups in total. The van der Waals surface area contributed by atoms with Gasteiger partial charge in [0.15, 0.2) is 0 Å². The number of thiol groups is 2. The van der Waals surface area contributed by atoms with E-state index >= 15 is 0 Å². The third-order valence-electron chi connectivity index (χ3n) is 3.17. The summed E-state index contributed by atoms with van der Waals surface area (Å²) in [4.78, 5) is 6.57. The smallest absolute Gasteiger partial charge is 0.109 e. The first kappa shape index (κ1) is 13.6. The van der Waals surface area contributed by atoms with E-state index in [4.69, 9.17) is 4.98 Å². The van der Waals surface area contributed by atoms with Gasteiger partial charge >= 0.3 is 0 Å². The fourth-order valence-corrected chi connectivity index (χ4v) is 2.91. The standard InChI is InChI=1S/C13H14N2S2.CH4/c16-9-4-5-10(12(17)7-9)11-8-15-6-2-1-3-13(15)14-11;/h4-5,7-8,16-17H,1-3,6H2;1H4. The van der Waals surface area contributed by atoms with E-state index in [1.54, 1.807) is 0 Å². The number of hydrogen-bond donors (Lipinski definition) is 2. The molecular formula is C14H18N2S2. The van der Waals surface area contributed by atoms with E-state index in [2.05, 4.69) is 36.0 Å². The van der Waals surface area contributed by atoms with Gasteiger partial charge in [-0.1, -0.05) is 13.5 Å². The molecule has 0 fully saturated rings. The van der Waals surface area contributed by atoms with Crippen LogP contribution in [0.3, 0.4) is 0 Å². The van der Waals surface area contributed by atoms with Crippen LogP contribution in [0.1, 0.15) is 26.1 Å². The summed E-state index contributed by atoms with van der Waals surface area (Å²) in [6.45, 7) is 1.09. The topological polar surface area (TPSA) is 17.8 Å². The summed E-state index contributed by atoms with van der Waals surface area (Å²) in [5.74, 6) is 1.20. The number of aromatic nitrogens is 2. The molecular weight excluding hydrogens is 260 g/mol. The van der Waals surface area contributed by atoms with E-state index in [9.17, 15) is 0 Å². The quantitative estimate of drug-likeness (QED) is 0.751. The van der Waals surface area contributed by atoms with Crippen molar-refractivity contribution in [2.24, 2.45) is 0 Å². The first-order valence-corrected chi connectivity index (χ1v) is 6.72. The average Bonchev–Trinajstić information content (AvgIpc) is 2.72. The molecule has 1 aromatic heterocycles. The molecule has 4 heteroatoms. The highest BCUT2D eigenvalue weighted by Gasteiger charge is 2.14. The Bertz CT molecular complexity index is 537. The van der Waals surface area contributed by atoms with Gasteiger partial charge in [-0.25, -0.2) is 4.98 Å². The third-order valence-corrected chi connectivity index (χ3v) is 3.81. The van der Waals surface area contributed by atoms with Crippen LogP contribution in [0.2, 0.25) is 0 Å². The van der Waals surface area contributed by atoms with E-state index < -0.39 is 0 Å². The van der Waals surface area contributed by atoms with Crippen molar-refractivity contribution >= 4 is 25.3 Å². The summed E-state index contributed by atoms with van der Waals surface area (Å²) in [5.41, 5.74) is 2.12. The summed E-state index contributed by atoms with van der Waals surface area (Å²) in [5, 5.41) is 0. The summed E-state index contributed by atoms with van der Waals surface area (Å²) >= 11 is 8.81. The minimum atomic E-state index is 0. The largest absolute Gasteiger partial charge is 0.334 e. The molecule has 0 unspecified atom stereocenters. The molecule has 96 valence electrons. The molecule has 1 aromatic carbocycles. The van der Waals surface area contributed by atoms with Gasteiger partial charge < -0.3 is 4.57 Å². The Balaban J connectivity index is 0.00000120. The van der Waals surface area contributed by atoms with Crippen LogP contribution in [-0.2, 0) is 13.0 Å². The number of fused-ring (bicyclic) bond motifs is 1. The molecule has 3 rings (SSSR count). The van der Waals surface area contributed by atoms with Crippen molar-refractivity contribution in [2.45, 2.75) is 43.0 Å². The molecule has 1 aliphatic heterocycles. The minimum Gasteiger partial charge on any atom is -0.334 e. The lowest BCUT2D eigenvalue weighted by atomic mass is 10.2. The zero-order chi connectivity index (χ0) is 11.8. The molecule has 2 aromatic rings. The van der Waals surface area contributed by atoms with E-state index in [0.29, 0.717) is 0 Å². The van der Waals surface area contributed by atoms with Gasteiger partial charge in [-0.05, 0) is 25.0 Å². The second kappa shape index (κ2) is 5.41. The van der Waals surface area contributed by atoms with Crippen LogP contribution in [-0.4, -0.2) is 9.55 Å². The maximum atomic E-state index is 4.70. The highest BCUT2D eigenvalue weighted by atomic mass is 32.1. The molecule has 0 saturated heterocycles. The molecule has 0 radical (unpaired) electrons. The summed E-state index contributed by atoms with van der Waals surface area (Å²) in [6.07, 6.45) is 5.74. The Hall–Kier alpha value is -0.870. The lowest BCUT2D eigenvalue weighted by Gasteiger charge is -2.11. The van der Waals surface area contributed by atoms with Crippen LogP contribution < -0.4 is 0 Å². The van der Waals surface area contributed by atoms with Crippen molar-refractivity contribution in [1.82, 2.24) is 9.55 Å². The average molecular weight is 278 g/mol. The molecule has 0 amide bonds. The second-order valence-corrected chi connectivity index (χ2v) is 5.39. The normalized spacial score (nSPS) is 13.9. The number of nitrogens with zero attached hydrogens (tertiary/aromatic N) is 2. The summed E-state index contributed by atoms with van der Waals surface area (Å²) in [6, 6.07) is 5.98. The van der Waals surface area contributed by atoms with Gasteiger partial charge in [0.25, 0.3) is 0 Å². The Labute approximate surface area is 119 Å². The van der Waals surface area contributed by atoms with Crippen LogP contribution in [0.4, 0.5) is 0 Å². The molecule has 1 aliphatic rings. The zero-order valence-electron chi connectivity index (χ0n) is 9.43. The van der Waals surface area contributed by atoms with Crippen molar-refractivity contribution < 1.29 is 0 Å². The van der Waals surface area contributed by atoms with Crippen LogP contribution in [0.25, 0.3) is 11.3 Å². The van der Waals surface area contributed by atoms with Crippen molar-refractivity contribution in [1.29, 1.82) is 0 Å². The number of rotatable bonds is 1. The Morgan fingerprint density at radius 1 is 1.17 bits per heavy atom. The third kappa shape index (κ3) is 2.45. The van der Waals surface area contributed by atoms with E-state index in [0.717, 1.165) is 34.0 Å². The predicted molar refractivity (Wildman–Crippen MR) is 81.8 cm³/mol. The van der Waals surface area contributed by atoms with Crippen molar-refractivity contribution in [3.05, 3.63) is 30.2 Å². The first-order chi connectivity index (χ1) is 8.24. The summed E-state index contributed by atoms with van der Waals surface area (Å²) < 4.78 is 2.26. The molecule has 18 heavy (non-hydrogen) atoms. The Morgan fingerprint density at radius 3 is 2.72 bits per heavy atom. The van der Waals surface area contributed by atoms with Gasteiger partial charge in [0, 0.05) is 34.5 Å². The molecule has 0 saturated carbocycles. The first-order valence-electron chi connectivity index (χ1n) is 5.82. The van der Waals surface area contributed by atoms with Crippen LogP contribution in [0, 0.1) is 0 Å². The van der Waals surface area contributed by atoms with E-state index in [1.807, 2.05) is 18.2 Å². The van der Waals surface area contributed by atoms with Gasteiger partial charge in [0.05, 0.1) is 5.69 Å². The van der Waals surface area contributed by atoms with Gasteiger partial charge in [-0.3, -0.25) is 0 Å². The predicted octanol–water partition coefficient (Wildman–Crippen LogP) is 4.10. The van der Waals surface area contributed by atoms with E-state index in [-0.39, 0.29) is 7.43 Å². The zero-order valence-corrected chi connectivity index (χ0v) is 11.2. The highest BCUT2D eigenvalue weighted by molar-refractivity contribution is 7.81. The van der Waals surface area contributed by atoms with Gasteiger partial charge in [-0.15, -0.1) is 25.3 Å². The lowest BCUT2D eigenvalue weighted by Crippen LogP contribution is -2.08. The molecule has 0 atom stereocenters. The lowest BCUT2D eigenvalue weighted by molar-refractivity contribution is 0.522. The van der Waals surface area contributed by atoms with Crippen LogP contribution >= 0.6 is 25.3 Å². The van der Waals surface area contributed by atoms with E-state index in [1.165, 1.54) is 18.7 Å². The fourth-order valence-electron chi connectivity index (χ4n) is 2.28. The highest BCUT2D eigenvalue weighted by Crippen LogP contribution is 2.29. The summed E-state index contributed by atoms with van der Waals surface area (Å²) in [7, 11) is 0. The Kier molecular flexibility index (Phi) is 4.07. The molecule has 2 nitrogen and oxygen atoms in total. The molecule has 2 heterocycles. The molecule has 0 aliphatic carbocycles. The van der Waals surface area contributed by atoms with Crippen molar-refractivity contribution in [3.8, 4) is 11.3 Å². The maximum Gasteiger partial charge on any atom is 0.109 e. The fraction of sp³-hybridized carbons (Fsp3) is 0.357. The molecule has 0 spiro atoms. The molecule has 0 bridgehead atoms. The minimum absolute atomic E-state index is 0. The van der Waals surface area contributed by atoms with Crippen LogP contribution in [0.5, 0.6) is 0 Å². The van der Waals surface area contributed by atoms with Gasteiger partial charge in [0.2, 0.25) is 0 Å². The number of aryl methyl sites for hydroxylation is 2. The van der Waals surface area contributed by atoms with Gasteiger partial charge in [-0.2, -0.15) is 0 Å². The SMILES string of the molecule is C.Sc1ccc(-c2cn3c(n2)CCCC3)c(S)c1.